The first-order valence-electron chi connectivity index (χ1n) is 6.91. The lowest BCUT2D eigenvalue weighted by atomic mass is 10.2. The maximum Gasteiger partial charge on any atom is 0.272 e. The largest absolute Gasteiger partial charge is 0.453 e. The Morgan fingerprint density at radius 1 is 1.26 bits per heavy atom. The number of non-ortho nitro benzene ring substituents is 1. The van der Waals surface area contributed by atoms with Crippen molar-refractivity contribution in [2.75, 3.05) is 0 Å². The predicted octanol–water partition coefficient (Wildman–Crippen LogP) is 4.50. The smallest absolute Gasteiger partial charge is 0.272 e. The highest BCUT2D eigenvalue weighted by atomic mass is 35.5. The highest BCUT2D eigenvalue weighted by Gasteiger charge is 2.26. The minimum absolute atomic E-state index is 0.0334. The number of nitro benzene ring substituents is 1. The molecule has 0 N–H and O–H groups in total. The third-order valence-corrected chi connectivity index (χ3v) is 4.11. The molecule has 0 unspecified atom stereocenters. The number of aromatic nitrogens is 1. The summed E-state index contributed by atoms with van der Waals surface area (Å²) >= 11 is 12.1. The summed E-state index contributed by atoms with van der Waals surface area (Å²) in [7, 11) is 0. The molecule has 1 aliphatic carbocycles. The van der Waals surface area contributed by atoms with Gasteiger partial charge < -0.3 is 9.30 Å². The monoisotopic (exact) mass is 354 g/mol. The van der Waals surface area contributed by atoms with Gasteiger partial charge in [0, 0.05) is 23.7 Å². The van der Waals surface area contributed by atoms with Crippen molar-refractivity contribution in [2.45, 2.75) is 25.8 Å². The average molecular weight is 355 g/mol. The van der Waals surface area contributed by atoms with Crippen molar-refractivity contribution in [1.82, 2.24) is 4.57 Å². The molecular weight excluding hydrogens is 343 g/mol. The highest BCUT2D eigenvalue weighted by Crippen LogP contribution is 2.40. The van der Waals surface area contributed by atoms with Crippen molar-refractivity contribution in [3.8, 4) is 11.5 Å². The number of benzene rings is 1. The second-order valence-corrected chi connectivity index (χ2v) is 6.21. The van der Waals surface area contributed by atoms with Crippen molar-refractivity contribution >= 4 is 28.9 Å². The van der Waals surface area contributed by atoms with Crippen LogP contribution in [0.1, 0.15) is 24.4 Å². The Balaban J connectivity index is 1.99. The van der Waals surface area contributed by atoms with E-state index in [1.165, 1.54) is 12.1 Å². The van der Waals surface area contributed by atoms with E-state index in [1.807, 2.05) is 0 Å². The molecule has 23 heavy (non-hydrogen) atoms. The van der Waals surface area contributed by atoms with Gasteiger partial charge in [-0.1, -0.05) is 23.2 Å². The van der Waals surface area contributed by atoms with E-state index in [0.29, 0.717) is 11.3 Å². The molecular formula is C15H12Cl2N2O4. The molecule has 0 radical (unpaired) electrons. The normalized spacial score (nSPS) is 13.9. The fourth-order valence-corrected chi connectivity index (χ4v) is 2.81. The van der Waals surface area contributed by atoms with Crippen molar-refractivity contribution in [2.24, 2.45) is 0 Å². The first-order chi connectivity index (χ1) is 10.9. The Hall–Kier alpha value is -2.05. The Bertz CT molecular complexity index is 836. The lowest BCUT2D eigenvalue weighted by Gasteiger charge is -2.12. The predicted molar refractivity (Wildman–Crippen MR) is 86.9 cm³/mol. The summed E-state index contributed by atoms with van der Waals surface area (Å²) in [6.45, 7) is 1.70. The molecule has 2 aromatic rings. The van der Waals surface area contributed by atoms with Crippen LogP contribution >= 0.6 is 23.2 Å². The molecule has 1 heterocycles. The van der Waals surface area contributed by atoms with Crippen molar-refractivity contribution in [3.63, 3.8) is 0 Å². The maximum atomic E-state index is 12.1. The number of pyridine rings is 1. The summed E-state index contributed by atoms with van der Waals surface area (Å²) in [6.07, 6.45) is 3.53. The third kappa shape index (κ3) is 3.18. The van der Waals surface area contributed by atoms with E-state index >= 15 is 0 Å². The van der Waals surface area contributed by atoms with Crippen LogP contribution in [0.15, 0.2) is 29.2 Å². The number of ether oxygens (including phenoxy) is 1. The number of nitrogens with zero attached hydrogens (tertiary/aromatic N) is 2. The van der Waals surface area contributed by atoms with Gasteiger partial charge in [0.2, 0.25) is 0 Å². The van der Waals surface area contributed by atoms with E-state index in [2.05, 4.69) is 0 Å². The highest BCUT2D eigenvalue weighted by molar-refractivity contribution is 6.37. The van der Waals surface area contributed by atoms with Crippen LogP contribution < -0.4 is 10.3 Å². The van der Waals surface area contributed by atoms with Crippen LogP contribution in [0.4, 0.5) is 5.69 Å². The van der Waals surface area contributed by atoms with Crippen LogP contribution in [-0.2, 0) is 0 Å². The minimum atomic E-state index is -0.584. The standard InChI is InChI=1S/C15H12Cl2N2O4/c1-8-4-11(7-18(15(8)20)9-2-3-9)23-14-12(16)5-10(19(21)22)6-13(14)17/h4-7,9H,2-3H2,1H3. The summed E-state index contributed by atoms with van der Waals surface area (Å²) in [6, 6.07) is 4.14. The third-order valence-electron chi connectivity index (χ3n) is 3.55. The summed E-state index contributed by atoms with van der Waals surface area (Å²) in [5.74, 6) is 0.533. The summed E-state index contributed by atoms with van der Waals surface area (Å²) < 4.78 is 7.32. The number of aryl methyl sites for hydroxylation is 1. The quantitative estimate of drug-likeness (QED) is 0.598. The van der Waals surface area contributed by atoms with Gasteiger partial charge in [-0.25, -0.2) is 0 Å². The minimum Gasteiger partial charge on any atom is -0.453 e. The number of rotatable bonds is 4. The van der Waals surface area contributed by atoms with Crippen molar-refractivity contribution in [3.05, 3.63) is 60.5 Å². The van der Waals surface area contributed by atoms with Crippen LogP contribution in [0.3, 0.4) is 0 Å². The van der Waals surface area contributed by atoms with Gasteiger partial charge in [0.25, 0.3) is 11.2 Å². The molecule has 1 aromatic carbocycles. The lowest BCUT2D eigenvalue weighted by Crippen LogP contribution is -2.20. The zero-order valence-electron chi connectivity index (χ0n) is 12.1. The maximum absolute atomic E-state index is 12.1. The second kappa shape index (κ2) is 5.86. The number of hydrogen-bond donors (Lipinski definition) is 0. The van der Waals surface area contributed by atoms with Gasteiger partial charge in [0.05, 0.1) is 21.2 Å². The molecule has 1 aliphatic rings. The molecule has 0 amide bonds. The number of hydrogen-bond acceptors (Lipinski definition) is 4. The Morgan fingerprint density at radius 3 is 2.39 bits per heavy atom. The van der Waals surface area contributed by atoms with E-state index in [1.54, 1.807) is 23.8 Å². The summed E-state index contributed by atoms with van der Waals surface area (Å²) in [5, 5.41) is 10.9. The molecule has 0 spiro atoms. The first kappa shape index (κ1) is 15.8. The van der Waals surface area contributed by atoms with E-state index < -0.39 is 4.92 Å². The van der Waals surface area contributed by atoms with Gasteiger partial charge in [-0.05, 0) is 25.8 Å². The van der Waals surface area contributed by atoms with E-state index in [-0.39, 0.29) is 33.1 Å². The molecule has 120 valence electrons. The Morgan fingerprint density at radius 2 is 1.87 bits per heavy atom. The van der Waals surface area contributed by atoms with Crippen LogP contribution in [0.5, 0.6) is 11.5 Å². The van der Waals surface area contributed by atoms with Gasteiger partial charge in [-0.3, -0.25) is 14.9 Å². The molecule has 0 aliphatic heterocycles. The van der Waals surface area contributed by atoms with E-state index in [0.717, 1.165) is 12.8 Å². The Kier molecular flexibility index (Phi) is 4.04. The Labute approximate surface area is 141 Å². The summed E-state index contributed by atoms with van der Waals surface area (Å²) in [4.78, 5) is 22.3. The molecule has 0 atom stereocenters. The second-order valence-electron chi connectivity index (χ2n) is 5.40. The SMILES string of the molecule is Cc1cc(Oc2c(Cl)cc([N+](=O)[O-])cc2Cl)cn(C2CC2)c1=O. The molecule has 0 saturated heterocycles. The fraction of sp³-hybridized carbons (Fsp3) is 0.267. The van der Waals surface area contributed by atoms with Crippen LogP contribution in [-0.4, -0.2) is 9.49 Å². The van der Waals surface area contributed by atoms with Crippen LogP contribution in [0.2, 0.25) is 10.0 Å². The molecule has 6 nitrogen and oxygen atoms in total. The van der Waals surface area contributed by atoms with Crippen molar-refractivity contribution in [1.29, 1.82) is 0 Å². The lowest BCUT2D eigenvalue weighted by molar-refractivity contribution is -0.384. The molecule has 0 bridgehead atoms. The zero-order valence-corrected chi connectivity index (χ0v) is 13.6. The van der Waals surface area contributed by atoms with Gasteiger partial charge in [-0.2, -0.15) is 0 Å². The van der Waals surface area contributed by atoms with E-state index in [9.17, 15) is 14.9 Å². The number of nitro groups is 1. The molecule has 1 saturated carbocycles. The number of halogens is 2. The first-order valence-corrected chi connectivity index (χ1v) is 7.66. The zero-order chi connectivity index (χ0) is 16.7. The van der Waals surface area contributed by atoms with Crippen LogP contribution in [0, 0.1) is 17.0 Å². The molecule has 8 heteroatoms. The van der Waals surface area contributed by atoms with Gasteiger partial charge in [0.15, 0.2) is 5.75 Å². The van der Waals surface area contributed by atoms with Gasteiger partial charge in [0.1, 0.15) is 5.75 Å². The average Bonchev–Trinajstić information content (AvgIpc) is 3.30. The van der Waals surface area contributed by atoms with E-state index in [4.69, 9.17) is 27.9 Å². The van der Waals surface area contributed by atoms with Gasteiger partial charge >= 0.3 is 0 Å². The van der Waals surface area contributed by atoms with Crippen molar-refractivity contribution < 1.29 is 9.66 Å². The molecule has 1 aromatic heterocycles. The fourth-order valence-electron chi connectivity index (χ4n) is 2.26. The van der Waals surface area contributed by atoms with Crippen LogP contribution in [0.25, 0.3) is 0 Å². The topological polar surface area (TPSA) is 74.4 Å². The molecule has 3 rings (SSSR count). The summed E-state index contributed by atoms with van der Waals surface area (Å²) in [5.41, 5.74) is 0.274. The molecule has 1 fully saturated rings. The van der Waals surface area contributed by atoms with Gasteiger partial charge in [-0.15, -0.1) is 0 Å².